The number of nitrogens with zero attached hydrogens (tertiary/aromatic N) is 1. The number of amides is 2. The second-order valence-corrected chi connectivity index (χ2v) is 7.95. The fraction of sp³-hybridized carbons (Fsp3) is 0.529. The molecular formula is C17H22N2O3S. The molecule has 1 aromatic carbocycles. The summed E-state index contributed by atoms with van der Waals surface area (Å²) >= 11 is 1.62. The molecule has 0 saturated carbocycles. The van der Waals surface area contributed by atoms with Gasteiger partial charge in [-0.2, -0.15) is 0 Å². The summed E-state index contributed by atoms with van der Waals surface area (Å²) in [6.07, 6.45) is 0. The van der Waals surface area contributed by atoms with Gasteiger partial charge in [0.15, 0.2) is 0 Å². The van der Waals surface area contributed by atoms with Gasteiger partial charge in [0.1, 0.15) is 18.4 Å². The van der Waals surface area contributed by atoms with Gasteiger partial charge >= 0.3 is 0 Å². The number of hydrogen-bond acceptors (Lipinski definition) is 4. The van der Waals surface area contributed by atoms with E-state index in [1.807, 2.05) is 45.0 Å². The van der Waals surface area contributed by atoms with Crippen LogP contribution in [-0.4, -0.2) is 41.0 Å². The maximum absolute atomic E-state index is 12.7. The van der Waals surface area contributed by atoms with Crippen LogP contribution in [0, 0.1) is 5.41 Å². The van der Waals surface area contributed by atoms with Crippen LogP contribution in [0.3, 0.4) is 0 Å². The second kappa shape index (κ2) is 6.07. The van der Waals surface area contributed by atoms with E-state index in [1.165, 1.54) is 0 Å². The lowest BCUT2D eigenvalue weighted by atomic mass is 9.94. The summed E-state index contributed by atoms with van der Waals surface area (Å²) in [7, 11) is 0. The van der Waals surface area contributed by atoms with Gasteiger partial charge in [-0.25, -0.2) is 0 Å². The van der Waals surface area contributed by atoms with Gasteiger partial charge in [-0.3, -0.25) is 9.59 Å². The Labute approximate surface area is 140 Å². The molecule has 0 unspecified atom stereocenters. The first-order valence-electron chi connectivity index (χ1n) is 7.79. The van der Waals surface area contributed by atoms with Crippen molar-refractivity contribution in [2.75, 3.05) is 18.2 Å². The van der Waals surface area contributed by atoms with Crippen LogP contribution >= 0.6 is 11.8 Å². The van der Waals surface area contributed by atoms with Gasteiger partial charge in [0, 0.05) is 16.7 Å². The minimum atomic E-state index is -0.480. The fourth-order valence-electron chi connectivity index (χ4n) is 2.84. The molecule has 0 bridgehead atoms. The van der Waals surface area contributed by atoms with Gasteiger partial charge in [0.05, 0.1) is 11.9 Å². The summed E-state index contributed by atoms with van der Waals surface area (Å²) in [4.78, 5) is 26.9. The van der Waals surface area contributed by atoms with Crippen LogP contribution in [0.5, 0.6) is 5.75 Å². The van der Waals surface area contributed by atoms with Crippen molar-refractivity contribution in [1.29, 1.82) is 0 Å². The van der Waals surface area contributed by atoms with Crippen molar-refractivity contribution in [2.24, 2.45) is 5.41 Å². The Hall–Kier alpha value is -1.69. The van der Waals surface area contributed by atoms with Gasteiger partial charge in [-0.05, 0) is 6.07 Å². The predicted molar refractivity (Wildman–Crippen MR) is 90.2 cm³/mol. The first-order valence-corrected chi connectivity index (χ1v) is 8.94. The number of carbonyl (C=O) groups excluding carboxylic acids is 2. The van der Waals surface area contributed by atoms with Crippen LogP contribution in [0.2, 0.25) is 0 Å². The van der Waals surface area contributed by atoms with E-state index in [0.29, 0.717) is 18.2 Å². The molecule has 1 saturated heterocycles. The molecule has 0 aliphatic carbocycles. The van der Waals surface area contributed by atoms with Crippen LogP contribution in [0.15, 0.2) is 24.3 Å². The first kappa shape index (κ1) is 16.2. The van der Waals surface area contributed by atoms with Crippen LogP contribution in [0.25, 0.3) is 0 Å². The van der Waals surface area contributed by atoms with E-state index in [0.717, 1.165) is 11.3 Å². The molecule has 1 aromatic rings. The lowest BCUT2D eigenvalue weighted by molar-refractivity contribution is -0.144. The highest BCUT2D eigenvalue weighted by molar-refractivity contribution is 7.99. The van der Waals surface area contributed by atoms with Crippen molar-refractivity contribution in [2.45, 2.75) is 32.9 Å². The largest absolute Gasteiger partial charge is 0.491 e. The minimum Gasteiger partial charge on any atom is -0.491 e. The smallest absolute Gasteiger partial charge is 0.244 e. The van der Waals surface area contributed by atoms with E-state index in [2.05, 4.69) is 5.32 Å². The molecule has 23 heavy (non-hydrogen) atoms. The van der Waals surface area contributed by atoms with Crippen LogP contribution in [0.1, 0.15) is 32.4 Å². The van der Waals surface area contributed by atoms with Gasteiger partial charge in [-0.15, -0.1) is 11.8 Å². The molecule has 2 amide bonds. The fourth-order valence-corrected chi connectivity index (χ4v) is 3.99. The van der Waals surface area contributed by atoms with Crippen molar-refractivity contribution >= 4 is 23.6 Å². The van der Waals surface area contributed by atoms with E-state index in [4.69, 9.17) is 4.74 Å². The molecule has 0 spiro atoms. The zero-order valence-electron chi connectivity index (χ0n) is 13.7. The highest BCUT2D eigenvalue weighted by Crippen LogP contribution is 2.33. The van der Waals surface area contributed by atoms with Gasteiger partial charge in [0.2, 0.25) is 11.8 Å². The summed E-state index contributed by atoms with van der Waals surface area (Å²) in [5.41, 5.74) is 0.521. The number of thioether (sulfide) groups is 1. The zero-order chi connectivity index (χ0) is 16.6. The molecule has 124 valence electrons. The van der Waals surface area contributed by atoms with E-state index >= 15 is 0 Å². The third-order valence-corrected chi connectivity index (χ3v) is 5.12. The van der Waals surface area contributed by atoms with Crippen molar-refractivity contribution in [3.05, 3.63) is 29.8 Å². The molecule has 3 rings (SSSR count). The lowest BCUT2D eigenvalue weighted by Crippen LogP contribution is -2.51. The van der Waals surface area contributed by atoms with Crippen molar-refractivity contribution in [3.63, 3.8) is 0 Å². The van der Waals surface area contributed by atoms with Gasteiger partial charge < -0.3 is 15.0 Å². The summed E-state index contributed by atoms with van der Waals surface area (Å²) in [5.74, 6) is 1.96. The molecule has 6 heteroatoms. The quantitative estimate of drug-likeness (QED) is 0.901. The Morgan fingerprint density at radius 2 is 2.04 bits per heavy atom. The number of rotatable bonds is 2. The number of carbonyl (C=O) groups is 2. The van der Waals surface area contributed by atoms with Crippen LogP contribution in [-0.2, 0) is 9.59 Å². The van der Waals surface area contributed by atoms with Crippen molar-refractivity contribution in [3.8, 4) is 5.75 Å². The summed E-state index contributed by atoms with van der Waals surface area (Å²) in [6, 6.07) is 7.18. The zero-order valence-corrected chi connectivity index (χ0v) is 14.5. The summed E-state index contributed by atoms with van der Waals surface area (Å²) in [6.45, 7) is 6.09. The molecule has 1 N–H and O–H groups in total. The standard InChI is InChI=1S/C17H22N2O3S/c1-17(2,3)16(21)19-10-23-9-13(19)15(20)18-12-8-22-14-7-5-4-6-11(12)14/h4-7,12-13H,8-10H2,1-3H3,(H,18,20)/t12-,13+/m1/s1. The molecular weight excluding hydrogens is 312 g/mol. The summed E-state index contributed by atoms with van der Waals surface area (Å²) < 4.78 is 5.60. The molecule has 5 nitrogen and oxygen atoms in total. The topological polar surface area (TPSA) is 58.6 Å². The Balaban J connectivity index is 1.70. The van der Waals surface area contributed by atoms with Gasteiger partial charge in [0.25, 0.3) is 0 Å². The lowest BCUT2D eigenvalue weighted by Gasteiger charge is -2.30. The van der Waals surface area contributed by atoms with E-state index < -0.39 is 11.5 Å². The van der Waals surface area contributed by atoms with E-state index in [9.17, 15) is 9.59 Å². The average Bonchev–Trinajstić information content (AvgIpc) is 3.13. The van der Waals surface area contributed by atoms with E-state index in [-0.39, 0.29) is 17.9 Å². The monoisotopic (exact) mass is 334 g/mol. The minimum absolute atomic E-state index is 0.0192. The van der Waals surface area contributed by atoms with Crippen molar-refractivity contribution < 1.29 is 14.3 Å². The Morgan fingerprint density at radius 1 is 1.30 bits per heavy atom. The second-order valence-electron chi connectivity index (χ2n) is 6.95. The molecule has 0 radical (unpaired) electrons. The maximum Gasteiger partial charge on any atom is 0.244 e. The third-order valence-electron chi connectivity index (χ3n) is 4.10. The van der Waals surface area contributed by atoms with Crippen LogP contribution < -0.4 is 10.1 Å². The van der Waals surface area contributed by atoms with E-state index in [1.54, 1.807) is 16.7 Å². The van der Waals surface area contributed by atoms with Gasteiger partial charge in [-0.1, -0.05) is 39.0 Å². The maximum atomic E-state index is 12.7. The number of benzene rings is 1. The van der Waals surface area contributed by atoms with Crippen LogP contribution in [0.4, 0.5) is 0 Å². The molecule has 2 heterocycles. The number of hydrogen-bond donors (Lipinski definition) is 1. The number of nitrogens with one attached hydrogen (secondary N) is 1. The molecule has 2 atom stereocenters. The SMILES string of the molecule is CC(C)(C)C(=O)N1CSC[C@H]1C(=O)N[C@@H]1COc2ccccc21. The summed E-state index contributed by atoms with van der Waals surface area (Å²) in [5, 5.41) is 3.04. The number of fused-ring (bicyclic) bond motifs is 1. The molecule has 0 aromatic heterocycles. The Kier molecular flexibility index (Phi) is 4.27. The number of ether oxygens (including phenoxy) is 1. The number of para-hydroxylation sites is 1. The Bertz CT molecular complexity index is 627. The predicted octanol–water partition coefficient (Wildman–Crippen LogP) is 2.18. The molecule has 2 aliphatic rings. The highest BCUT2D eigenvalue weighted by atomic mass is 32.2. The normalized spacial score (nSPS) is 23.3. The average molecular weight is 334 g/mol. The molecule has 1 fully saturated rings. The van der Waals surface area contributed by atoms with Crippen molar-refractivity contribution in [1.82, 2.24) is 10.2 Å². The third kappa shape index (κ3) is 3.17. The Morgan fingerprint density at radius 3 is 2.78 bits per heavy atom. The first-order chi connectivity index (χ1) is 10.9. The molecule has 2 aliphatic heterocycles. The highest BCUT2D eigenvalue weighted by Gasteiger charge is 2.40.